The highest BCUT2D eigenvalue weighted by molar-refractivity contribution is 6.46. The zero-order valence-corrected chi connectivity index (χ0v) is 18.2. The highest BCUT2D eigenvalue weighted by Crippen LogP contribution is 2.40. The van der Waals surface area contributed by atoms with Gasteiger partial charge in [0.05, 0.1) is 18.7 Å². The second-order valence-electron chi connectivity index (χ2n) is 7.88. The van der Waals surface area contributed by atoms with E-state index in [1.807, 2.05) is 44.2 Å². The third-order valence-electron chi connectivity index (χ3n) is 5.68. The molecule has 6 nitrogen and oxygen atoms in total. The summed E-state index contributed by atoms with van der Waals surface area (Å²) in [5.41, 5.74) is 3.96. The van der Waals surface area contributed by atoms with Crippen LogP contribution < -0.4 is 4.74 Å². The number of ketones is 1. The molecule has 32 heavy (non-hydrogen) atoms. The first-order chi connectivity index (χ1) is 15.4. The summed E-state index contributed by atoms with van der Waals surface area (Å²) >= 11 is 0. The average Bonchev–Trinajstić information content (AvgIpc) is 3.04. The van der Waals surface area contributed by atoms with Gasteiger partial charge in [0.2, 0.25) is 0 Å². The predicted octanol–water partition coefficient (Wildman–Crippen LogP) is 4.33. The van der Waals surface area contributed by atoms with E-state index in [4.69, 9.17) is 4.74 Å². The van der Waals surface area contributed by atoms with E-state index in [1.165, 1.54) is 4.90 Å². The average molecular weight is 428 g/mol. The van der Waals surface area contributed by atoms with Crippen molar-refractivity contribution >= 4 is 17.4 Å². The van der Waals surface area contributed by atoms with Crippen LogP contribution in [-0.4, -0.2) is 33.8 Å². The number of hydrogen-bond donors (Lipinski definition) is 1. The number of ether oxygens (including phenoxy) is 1. The summed E-state index contributed by atoms with van der Waals surface area (Å²) in [7, 11) is 1.57. The monoisotopic (exact) mass is 428 g/mol. The largest absolute Gasteiger partial charge is 0.507 e. The molecule has 0 aliphatic carbocycles. The number of hydrogen-bond acceptors (Lipinski definition) is 5. The lowest BCUT2D eigenvalue weighted by Gasteiger charge is -2.25. The second-order valence-corrected chi connectivity index (χ2v) is 7.88. The predicted molar refractivity (Wildman–Crippen MR) is 121 cm³/mol. The zero-order chi connectivity index (χ0) is 22.8. The number of pyridine rings is 1. The van der Waals surface area contributed by atoms with E-state index in [0.29, 0.717) is 11.3 Å². The Morgan fingerprint density at radius 1 is 1.09 bits per heavy atom. The maximum Gasteiger partial charge on any atom is 0.295 e. The van der Waals surface area contributed by atoms with Crippen LogP contribution >= 0.6 is 0 Å². The lowest BCUT2D eigenvalue weighted by Crippen LogP contribution is -2.29. The third-order valence-corrected chi connectivity index (χ3v) is 5.68. The molecule has 4 rings (SSSR count). The number of rotatable bonds is 5. The van der Waals surface area contributed by atoms with Crippen molar-refractivity contribution in [3.05, 3.63) is 100 Å². The number of carbonyl (C=O) groups excluding carboxylic acids is 2. The minimum absolute atomic E-state index is 0.0762. The number of Topliss-reactive ketones (excluding diaryl/α,β-unsaturated/α-hetero) is 1. The summed E-state index contributed by atoms with van der Waals surface area (Å²) in [6.07, 6.45) is 3.32. The van der Waals surface area contributed by atoms with Crippen LogP contribution in [0.5, 0.6) is 5.75 Å². The van der Waals surface area contributed by atoms with E-state index < -0.39 is 17.7 Å². The molecular formula is C26H24N2O4. The summed E-state index contributed by atoms with van der Waals surface area (Å²) in [5, 5.41) is 11.2. The van der Waals surface area contributed by atoms with Gasteiger partial charge in [-0.25, -0.2) is 0 Å². The SMILES string of the molecule is COc1ccc(C(O)=C2C(=O)C(=O)N(Cc3cccnc3)[C@H]2c2ccc(C)cc2)cc1C. The number of nitrogens with zero attached hydrogens (tertiary/aromatic N) is 2. The summed E-state index contributed by atoms with van der Waals surface area (Å²) in [5.74, 6) is -0.876. The fourth-order valence-electron chi connectivity index (χ4n) is 4.01. The molecule has 3 aromatic rings. The Bertz CT molecular complexity index is 1200. The Balaban J connectivity index is 1.86. The van der Waals surface area contributed by atoms with Gasteiger partial charge in [0.25, 0.3) is 11.7 Å². The first-order valence-corrected chi connectivity index (χ1v) is 10.3. The van der Waals surface area contributed by atoms with Crippen LogP contribution in [0.25, 0.3) is 5.76 Å². The third kappa shape index (κ3) is 3.87. The fourth-order valence-corrected chi connectivity index (χ4v) is 4.01. The first-order valence-electron chi connectivity index (χ1n) is 10.3. The molecule has 0 bridgehead atoms. The number of benzene rings is 2. The molecule has 162 valence electrons. The van der Waals surface area contributed by atoms with Crippen LogP contribution in [0, 0.1) is 13.8 Å². The van der Waals surface area contributed by atoms with Gasteiger partial charge in [-0.2, -0.15) is 0 Å². The van der Waals surface area contributed by atoms with Crippen LogP contribution in [0.2, 0.25) is 0 Å². The molecule has 1 amide bonds. The Hall–Kier alpha value is -3.93. The number of likely N-dealkylation sites (tertiary alicyclic amines) is 1. The number of aromatic nitrogens is 1. The standard InChI is InChI=1S/C26H24N2O4/c1-16-6-8-19(9-7-16)23-22(24(29)20-10-11-21(32-3)17(2)13-20)25(30)26(31)28(23)15-18-5-4-12-27-14-18/h4-14,23,29H,15H2,1-3H3/t23-/m0/s1. The van der Waals surface area contributed by atoms with Gasteiger partial charge in [0.1, 0.15) is 11.5 Å². The molecule has 0 spiro atoms. The summed E-state index contributed by atoms with van der Waals surface area (Å²) in [4.78, 5) is 31.8. The molecule has 6 heteroatoms. The molecular weight excluding hydrogens is 404 g/mol. The highest BCUT2D eigenvalue weighted by Gasteiger charge is 2.46. The molecule has 1 aromatic heterocycles. The molecule has 2 aromatic carbocycles. The van der Waals surface area contributed by atoms with Crippen LogP contribution in [0.4, 0.5) is 0 Å². The quantitative estimate of drug-likeness (QED) is 0.372. The maximum atomic E-state index is 13.1. The van der Waals surface area contributed by atoms with Gasteiger partial charge in [0.15, 0.2) is 0 Å². The lowest BCUT2D eigenvalue weighted by atomic mass is 9.94. The van der Waals surface area contributed by atoms with Crippen molar-refractivity contribution in [1.82, 2.24) is 9.88 Å². The van der Waals surface area contributed by atoms with E-state index in [9.17, 15) is 14.7 Å². The maximum absolute atomic E-state index is 13.1. The molecule has 0 radical (unpaired) electrons. The number of aliphatic hydroxyl groups excluding tert-OH is 1. The van der Waals surface area contributed by atoms with E-state index in [2.05, 4.69) is 4.98 Å². The van der Waals surface area contributed by atoms with E-state index >= 15 is 0 Å². The van der Waals surface area contributed by atoms with Gasteiger partial charge in [-0.05, 0) is 54.8 Å². The molecule has 1 fully saturated rings. The van der Waals surface area contributed by atoms with Gasteiger partial charge >= 0.3 is 0 Å². The van der Waals surface area contributed by atoms with Crippen molar-refractivity contribution in [2.45, 2.75) is 26.4 Å². The van der Waals surface area contributed by atoms with Crippen molar-refractivity contribution in [2.75, 3.05) is 7.11 Å². The number of amides is 1. The van der Waals surface area contributed by atoms with Crippen molar-refractivity contribution in [1.29, 1.82) is 0 Å². The fraction of sp³-hybridized carbons (Fsp3) is 0.192. The van der Waals surface area contributed by atoms with Gasteiger partial charge in [0, 0.05) is 24.5 Å². The van der Waals surface area contributed by atoms with Crippen molar-refractivity contribution in [3.63, 3.8) is 0 Å². The van der Waals surface area contributed by atoms with Gasteiger partial charge in [-0.3, -0.25) is 14.6 Å². The van der Waals surface area contributed by atoms with Crippen molar-refractivity contribution < 1.29 is 19.4 Å². The molecule has 0 saturated carbocycles. The molecule has 1 atom stereocenters. The number of aliphatic hydroxyl groups is 1. The minimum atomic E-state index is -0.710. The zero-order valence-electron chi connectivity index (χ0n) is 18.2. The molecule has 0 unspecified atom stereocenters. The van der Waals surface area contributed by atoms with Crippen molar-refractivity contribution in [3.8, 4) is 5.75 Å². The molecule has 1 aliphatic rings. The van der Waals surface area contributed by atoms with Gasteiger partial charge < -0.3 is 14.7 Å². The van der Waals surface area contributed by atoms with E-state index in [-0.39, 0.29) is 17.9 Å². The molecule has 2 heterocycles. The van der Waals surface area contributed by atoms with E-state index in [1.54, 1.807) is 43.8 Å². The van der Waals surface area contributed by atoms with Gasteiger partial charge in [-0.1, -0.05) is 35.9 Å². The molecule has 1 saturated heterocycles. The first kappa shape index (κ1) is 21.3. The number of carbonyl (C=O) groups is 2. The number of aryl methyl sites for hydroxylation is 2. The normalized spacial score (nSPS) is 17.6. The minimum Gasteiger partial charge on any atom is -0.507 e. The van der Waals surface area contributed by atoms with Crippen LogP contribution in [-0.2, 0) is 16.1 Å². The van der Waals surface area contributed by atoms with Crippen LogP contribution in [0.3, 0.4) is 0 Å². The van der Waals surface area contributed by atoms with E-state index in [0.717, 1.165) is 22.3 Å². The summed E-state index contributed by atoms with van der Waals surface area (Å²) < 4.78 is 5.30. The molecule has 1 N–H and O–H groups in total. The lowest BCUT2D eigenvalue weighted by molar-refractivity contribution is -0.140. The van der Waals surface area contributed by atoms with Gasteiger partial charge in [-0.15, -0.1) is 0 Å². The van der Waals surface area contributed by atoms with Crippen molar-refractivity contribution in [2.24, 2.45) is 0 Å². The topological polar surface area (TPSA) is 79.7 Å². The molecule has 1 aliphatic heterocycles. The van der Waals surface area contributed by atoms with Crippen LogP contribution in [0.15, 0.2) is 72.6 Å². The summed E-state index contributed by atoms with van der Waals surface area (Å²) in [6.45, 7) is 4.03. The number of methoxy groups -OCH3 is 1. The summed E-state index contributed by atoms with van der Waals surface area (Å²) in [6, 6.07) is 15.7. The Morgan fingerprint density at radius 3 is 2.47 bits per heavy atom. The Morgan fingerprint density at radius 2 is 1.84 bits per heavy atom. The van der Waals surface area contributed by atoms with Crippen LogP contribution in [0.1, 0.15) is 33.9 Å². The Labute approximate surface area is 186 Å². The Kier molecular flexibility index (Phi) is 5.77. The smallest absolute Gasteiger partial charge is 0.295 e. The second kappa shape index (κ2) is 8.67. The highest BCUT2D eigenvalue weighted by atomic mass is 16.5.